The number of methoxy groups -OCH3 is 1. The normalized spacial score (nSPS) is 10.8. The van der Waals surface area contributed by atoms with Gasteiger partial charge in [-0.3, -0.25) is 4.79 Å². The summed E-state index contributed by atoms with van der Waals surface area (Å²) >= 11 is 5.07. The van der Waals surface area contributed by atoms with Crippen molar-refractivity contribution in [3.05, 3.63) is 82.3 Å². The van der Waals surface area contributed by atoms with E-state index in [-0.39, 0.29) is 5.91 Å². The number of carbonyl (C=O) groups excluding carboxylic acids is 1. The largest absolute Gasteiger partial charge is 0.496 e. The van der Waals surface area contributed by atoms with Crippen molar-refractivity contribution >= 4 is 43.4 Å². The highest BCUT2D eigenvalue weighted by molar-refractivity contribution is 9.10. The van der Waals surface area contributed by atoms with E-state index in [1.165, 1.54) is 4.70 Å². The van der Waals surface area contributed by atoms with E-state index in [0.717, 1.165) is 26.1 Å². The van der Waals surface area contributed by atoms with E-state index in [1.54, 1.807) is 30.6 Å². The molecule has 4 nitrogen and oxygen atoms in total. The Balaban J connectivity index is 1.46. The quantitative estimate of drug-likeness (QED) is 0.424. The number of thiazole rings is 1. The summed E-state index contributed by atoms with van der Waals surface area (Å²) in [5, 5.41) is 3.94. The molecule has 0 saturated heterocycles. The smallest absolute Gasteiger partial charge is 0.255 e. The summed E-state index contributed by atoms with van der Waals surface area (Å²) in [7, 11) is 1.56. The summed E-state index contributed by atoms with van der Waals surface area (Å²) in [6.07, 6.45) is 0. The van der Waals surface area contributed by atoms with Gasteiger partial charge in [-0.2, -0.15) is 0 Å². The van der Waals surface area contributed by atoms with E-state index in [4.69, 9.17) is 4.74 Å². The maximum absolute atomic E-state index is 12.5. The average molecular weight is 453 g/mol. The van der Waals surface area contributed by atoms with Gasteiger partial charge in [0.2, 0.25) is 0 Å². The molecule has 3 aromatic carbocycles. The number of rotatable bonds is 5. The highest BCUT2D eigenvalue weighted by Gasteiger charge is 2.13. The van der Waals surface area contributed by atoms with Crippen molar-refractivity contribution in [3.8, 4) is 16.3 Å². The Morgan fingerprint density at radius 1 is 1.11 bits per heavy atom. The number of nitrogens with zero attached hydrogens (tertiary/aromatic N) is 1. The van der Waals surface area contributed by atoms with Gasteiger partial charge in [0.1, 0.15) is 10.8 Å². The minimum Gasteiger partial charge on any atom is -0.496 e. The number of hydrogen-bond acceptors (Lipinski definition) is 4. The lowest BCUT2D eigenvalue weighted by Crippen LogP contribution is -2.23. The van der Waals surface area contributed by atoms with Crippen molar-refractivity contribution in [2.75, 3.05) is 7.11 Å². The number of ether oxygens (including phenoxy) is 1. The Morgan fingerprint density at radius 2 is 1.89 bits per heavy atom. The molecule has 6 heteroatoms. The van der Waals surface area contributed by atoms with Crippen LogP contribution in [0.4, 0.5) is 0 Å². The average Bonchev–Trinajstić information content (AvgIpc) is 3.16. The monoisotopic (exact) mass is 452 g/mol. The molecule has 0 fully saturated rings. The first kappa shape index (κ1) is 18.7. The number of para-hydroxylation sites is 1. The Labute approximate surface area is 175 Å². The highest BCUT2D eigenvalue weighted by Crippen LogP contribution is 2.30. The van der Waals surface area contributed by atoms with E-state index in [2.05, 4.69) is 32.3 Å². The molecule has 0 saturated carbocycles. The molecule has 0 aliphatic heterocycles. The number of benzene rings is 3. The second-order valence-corrected chi connectivity index (χ2v) is 8.16. The van der Waals surface area contributed by atoms with Crippen molar-refractivity contribution < 1.29 is 9.53 Å². The zero-order valence-electron chi connectivity index (χ0n) is 15.1. The summed E-state index contributed by atoms with van der Waals surface area (Å²) in [6, 6.07) is 21.6. The molecule has 0 atom stereocenters. The van der Waals surface area contributed by atoms with Gasteiger partial charge < -0.3 is 10.1 Å². The molecular formula is C22H17BrN2O2S. The Morgan fingerprint density at radius 3 is 2.64 bits per heavy atom. The number of hydrogen-bond donors (Lipinski definition) is 1. The molecule has 0 radical (unpaired) electrons. The second-order valence-electron chi connectivity index (χ2n) is 6.21. The molecule has 1 N–H and O–H groups in total. The third-order valence-corrected chi connectivity index (χ3v) is 5.93. The van der Waals surface area contributed by atoms with Crippen LogP contribution in [0.15, 0.2) is 71.2 Å². The zero-order chi connectivity index (χ0) is 19.5. The minimum atomic E-state index is -0.173. The molecule has 4 rings (SSSR count). The van der Waals surface area contributed by atoms with Gasteiger partial charge in [-0.25, -0.2) is 4.98 Å². The van der Waals surface area contributed by atoms with E-state index in [0.29, 0.717) is 17.9 Å². The summed E-state index contributed by atoms with van der Waals surface area (Å²) < 4.78 is 7.29. The lowest BCUT2D eigenvalue weighted by molar-refractivity contribution is 0.0948. The third kappa shape index (κ3) is 3.93. The number of amides is 1. The van der Waals surface area contributed by atoms with Crippen LogP contribution in [-0.2, 0) is 6.54 Å². The predicted molar refractivity (Wildman–Crippen MR) is 117 cm³/mol. The van der Waals surface area contributed by atoms with Gasteiger partial charge in [0, 0.05) is 16.6 Å². The maximum atomic E-state index is 12.5. The van der Waals surface area contributed by atoms with Crippen LogP contribution < -0.4 is 10.1 Å². The molecule has 1 amide bonds. The number of aromatic nitrogens is 1. The summed E-state index contributed by atoms with van der Waals surface area (Å²) in [6.45, 7) is 0.439. The van der Waals surface area contributed by atoms with E-state index in [1.807, 2.05) is 48.5 Å². The van der Waals surface area contributed by atoms with Crippen LogP contribution >= 0.6 is 27.3 Å². The molecule has 0 aliphatic carbocycles. The summed E-state index contributed by atoms with van der Waals surface area (Å²) in [5.74, 6) is 0.375. The molecule has 0 spiro atoms. The predicted octanol–water partition coefficient (Wildman–Crippen LogP) is 5.66. The topological polar surface area (TPSA) is 51.2 Å². The summed E-state index contributed by atoms with van der Waals surface area (Å²) in [4.78, 5) is 17.2. The van der Waals surface area contributed by atoms with Crippen molar-refractivity contribution in [2.24, 2.45) is 0 Å². The van der Waals surface area contributed by atoms with Crippen LogP contribution in [0, 0.1) is 0 Å². The molecule has 0 bridgehead atoms. The number of nitrogens with one attached hydrogen (secondary N) is 1. The molecule has 1 aromatic heterocycles. The van der Waals surface area contributed by atoms with Crippen LogP contribution in [0.25, 0.3) is 20.8 Å². The lowest BCUT2D eigenvalue weighted by atomic mass is 10.1. The molecule has 1 heterocycles. The van der Waals surface area contributed by atoms with Gasteiger partial charge in [0.25, 0.3) is 5.91 Å². The highest BCUT2D eigenvalue weighted by atomic mass is 79.9. The first-order valence-electron chi connectivity index (χ1n) is 8.70. The fourth-order valence-electron chi connectivity index (χ4n) is 2.90. The van der Waals surface area contributed by atoms with Crippen molar-refractivity contribution in [2.45, 2.75) is 6.54 Å². The van der Waals surface area contributed by atoms with Gasteiger partial charge >= 0.3 is 0 Å². The van der Waals surface area contributed by atoms with E-state index < -0.39 is 0 Å². The van der Waals surface area contributed by atoms with Crippen LogP contribution in [0.5, 0.6) is 5.75 Å². The molecule has 28 heavy (non-hydrogen) atoms. The lowest BCUT2D eigenvalue weighted by Gasteiger charge is -2.10. The third-order valence-electron chi connectivity index (χ3n) is 4.35. The first-order valence-corrected chi connectivity index (χ1v) is 10.3. The first-order chi connectivity index (χ1) is 13.6. The van der Waals surface area contributed by atoms with Crippen molar-refractivity contribution in [1.29, 1.82) is 0 Å². The van der Waals surface area contributed by atoms with Crippen molar-refractivity contribution in [3.63, 3.8) is 0 Å². The van der Waals surface area contributed by atoms with Crippen LogP contribution in [-0.4, -0.2) is 18.0 Å². The second kappa shape index (κ2) is 8.12. The van der Waals surface area contributed by atoms with Gasteiger partial charge in [-0.1, -0.05) is 52.3 Å². The van der Waals surface area contributed by atoms with E-state index in [9.17, 15) is 4.79 Å². The standard InChI is InChI=1S/C22H17BrN2O2S/c1-27-19-11-10-16(23)12-17(19)21(26)24-13-14-6-8-15(9-7-14)22-25-18-4-2-3-5-20(18)28-22/h2-12H,13H2,1H3,(H,24,26). The molecular weight excluding hydrogens is 436 g/mol. The van der Waals surface area contributed by atoms with Crippen LogP contribution in [0.3, 0.4) is 0 Å². The summed E-state index contributed by atoms with van der Waals surface area (Å²) in [5.41, 5.74) is 3.61. The van der Waals surface area contributed by atoms with Gasteiger partial charge in [-0.05, 0) is 35.9 Å². The maximum Gasteiger partial charge on any atom is 0.255 e. The Kier molecular flexibility index (Phi) is 5.41. The molecule has 0 aliphatic rings. The zero-order valence-corrected chi connectivity index (χ0v) is 17.5. The van der Waals surface area contributed by atoms with Crippen LogP contribution in [0.1, 0.15) is 15.9 Å². The minimum absolute atomic E-state index is 0.173. The Bertz CT molecular complexity index is 1110. The fraction of sp³-hybridized carbons (Fsp3) is 0.0909. The number of fused-ring (bicyclic) bond motifs is 1. The fourth-order valence-corrected chi connectivity index (χ4v) is 4.23. The van der Waals surface area contributed by atoms with E-state index >= 15 is 0 Å². The molecule has 4 aromatic rings. The Hall–Kier alpha value is -2.70. The van der Waals surface area contributed by atoms with Gasteiger partial charge in [-0.15, -0.1) is 11.3 Å². The van der Waals surface area contributed by atoms with Gasteiger partial charge in [0.15, 0.2) is 0 Å². The SMILES string of the molecule is COc1ccc(Br)cc1C(=O)NCc1ccc(-c2nc3ccccc3s2)cc1. The van der Waals surface area contributed by atoms with Crippen LogP contribution in [0.2, 0.25) is 0 Å². The molecule has 140 valence electrons. The number of carbonyl (C=O) groups is 1. The number of halogens is 1. The molecule has 0 unspecified atom stereocenters. The van der Waals surface area contributed by atoms with Gasteiger partial charge in [0.05, 0.1) is 22.9 Å². The van der Waals surface area contributed by atoms with Crippen molar-refractivity contribution in [1.82, 2.24) is 10.3 Å².